The van der Waals surface area contributed by atoms with E-state index in [-0.39, 0.29) is 23.8 Å². The number of rotatable bonds is 5. The molecular formula is C14H14N4O4. The Balaban J connectivity index is 2.21. The van der Waals surface area contributed by atoms with Crippen LogP contribution in [0.5, 0.6) is 0 Å². The molecule has 8 nitrogen and oxygen atoms in total. The second-order valence-electron chi connectivity index (χ2n) is 4.42. The summed E-state index contributed by atoms with van der Waals surface area (Å²) in [4.78, 5) is 30.0. The van der Waals surface area contributed by atoms with Crippen molar-refractivity contribution in [1.29, 1.82) is 0 Å². The third kappa shape index (κ3) is 3.54. The number of hydrogen-bond acceptors (Lipinski definition) is 7. The van der Waals surface area contributed by atoms with Crippen molar-refractivity contribution < 1.29 is 14.5 Å². The predicted molar refractivity (Wildman–Crippen MR) is 79.1 cm³/mol. The topological polar surface area (TPSA) is 107 Å². The van der Waals surface area contributed by atoms with Crippen molar-refractivity contribution in [1.82, 2.24) is 9.97 Å². The van der Waals surface area contributed by atoms with E-state index in [0.29, 0.717) is 11.3 Å². The lowest BCUT2D eigenvalue weighted by atomic mass is 10.2. The summed E-state index contributed by atoms with van der Waals surface area (Å²) in [7, 11) is 0. The molecule has 0 aliphatic carbocycles. The first-order valence-corrected chi connectivity index (χ1v) is 6.52. The number of aryl methyl sites for hydroxylation is 1. The number of pyridine rings is 2. The standard InChI is InChI=1S/C14H14N4O4/c1-3-22-14(19)11-5-4-10(8-15-11)17-13-12(18(20)21)6-9(2)7-16-13/h4-8H,3H2,1-2H3,(H,16,17). The molecule has 0 aromatic carbocycles. The number of anilines is 2. The normalized spacial score (nSPS) is 10.1. The Morgan fingerprint density at radius 2 is 2.14 bits per heavy atom. The molecule has 8 heteroatoms. The van der Waals surface area contributed by atoms with Crippen molar-refractivity contribution >= 4 is 23.2 Å². The van der Waals surface area contributed by atoms with E-state index in [2.05, 4.69) is 15.3 Å². The number of carbonyl (C=O) groups is 1. The largest absolute Gasteiger partial charge is 0.461 e. The highest BCUT2D eigenvalue weighted by atomic mass is 16.6. The molecule has 2 aromatic heterocycles. The van der Waals surface area contributed by atoms with Gasteiger partial charge in [0.05, 0.1) is 23.4 Å². The Morgan fingerprint density at radius 3 is 2.73 bits per heavy atom. The molecule has 0 atom stereocenters. The summed E-state index contributed by atoms with van der Waals surface area (Å²) < 4.78 is 4.83. The second kappa shape index (κ2) is 6.61. The van der Waals surface area contributed by atoms with Crippen LogP contribution in [0.4, 0.5) is 17.2 Å². The van der Waals surface area contributed by atoms with Crippen LogP contribution < -0.4 is 5.32 Å². The minimum Gasteiger partial charge on any atom is -0.461 e. The van der Waals surface area contributed by atoms with Crippen LogP contribution in [0.3, 0.4) is 0 Å². The molecule has 0 spiro atoms. The molecule has 114 valence electrons. The molecule has 2 heterocycles. The van der Waals surface area contributed by atoms with Gasteiger partial charge >= 0.3 is 11.7 Å². The summed E-state index contributed by atoms with van der Waals surface area (Å²) in [6.45, 7) is 3.69. The number of carbonyl (C=O) groups excluding carboxylic acids is 1. The molecule has 0 aliphatic rings. The minimum atomic E-state index is -0.520. The summed E-state index contributed by atoms with van der Waals surface area (Å²) in [5, 5.41) is 13.8. The molecule has 1 N–H and O–H groups in total. The molecule has 0 radical (unpaired) electrons. The summed E-state index contributed by atoms with van der Waals surface area (Å²) in [6.07, 6.45) is 2.91. The molecule has 0 saturated carbocycles. The zero-order chi connectivity index (χ0) is 16.1. The molecule has 0 unspecified atom stereocenters. The van der Waals surface area contributed by atoms with Crippen LogP contribution in [0.15, 0.2) is 30.6 Å². The maximum Gasteiger partial charge on any atom is 0.356 e. The van der Waals surface area contributed by atoms with Gasteiger partial charge in [0.25, 0.3) is 0 Å². The van der Waals surface area contributed by atoms with Gasteiger partial charge in [-0.3, -0.25) is 10.1 Å². The quantitative estimate of drug-likeness (QED) is 0.514. The summed E-state index contributed by atoms with van der Waals surface area (Å²) in [6, 6.07) is 4.47. The van der Waals surface area contributed by atoms with Crippen LogP contribution in [0, 0.1) is 17.0 Å². The van der Waals surface area contributed by atoms with E-state index in [4.69, 9.17) is 4.74 Å². The van der Waals surface area contributed by atoms with Gasteiger partial charge in [-0.1, -0.05) is 0 Å². The Bertz CT molecular complexity index is 700. The Hall–Kier alpha value is -3.03. The molecule has 0 aliphatic heterocycles. The molecule has 0 fully saturated rings. The highest BCUT2D eigenvalue weighted by Crippen LogP contribution is 2.25. The van der Waals surface area contributed by atoms with E-state index in [9.17, 15) is 14.9 Å². The van der Waals surface area contributed by atoms with Crippen molar-refractivity contribution in [2.24, 2.45) is 0 Å². The SMILES string of the molecule is CCOC(=O)c1ccc(Nc2ncc(C)cc2[N+](=O)[O-])cn1. The fourth-order valence-electron chi connectivity index (χ4n) is 1.72. The number of nitrogens with zero attached hydrogens (tertiary/aromatic N) is 3. The minimum absolute atomic E-state index is 0.112. The first-order chi connectivity index (χ1) is 10.5. The average Bonchev–Trinajstić information content (AvgIpc) is 2.50. The molecule has 2 rings (SSSR count). The monoisotopic (exact) mass is 302 g/mol. The maximum absolute atomic E-state index is 11.5. The van der Waals surface area contributed by atoms with Gasteiger partial charge in [-0.05, 0) is 31.5 Å². The summed E-state index contributed by atoms with van der Waals surface area (Å²) in [5.74, 6) is -0.408. The van der Waals surface area contributed by atoms with Gasteiger partial charge in [-0.25, -0.2) is 14.8 Å². The molecule has 0 bridgehead atoms. The third-order valence-corrected chi connectivity index (χ3v) is 2.71. The fourth-order valence-corrected chi connectivity index (χ4v) is 1.72. The summed E-state index contributed by atoms with van der Waals surface area (Å²) >= 11 is 0. The van der Waals surface area contributed by atoms with Crippen LogP contribution in [-0.4, -0.2) is 27.5 Å². The van der Waals surface area contributed by atoms with E-state index in [1.54, 1.807) is 19.9 Å². The molecule has 0 amide bonds. The van der Waals surface area contributed by atoms with E-state index < -0.39 is 10.9 Å². The van der Waals surface area contributed by atoms with Crippen molar-refractivity contribution in [3.8, 4) is 0 Å². The Morgan fingerprint density at radius 1 is 1.36 bits per heavy atom. The number of esters is 1. The van der Waals surface area contributed by atoms with Gasteiger partial charge in [0, 0.05) is 12.3 Å². The number of nitrogens with one attached hydrogen (secondary N) is 1. The first kappa shape index (κ1) is 15.4. The van der Waals surface area contributed by atoms with Gasteiger partial charge in [0.2, 0.25) is 5.82 Å². The van der Waals surface area contributed by atoms with E-state index >= 15 is 0 Å². The Kier molecular flexibility index (Phi) is 4.62. The summed E-state index contributed by atoms with van der Waals surface area (Å²) in [5.41, 5.74) is 1.20. The smallest absolute Gasteiger partial charge is 0.356 e. The first-order valence-electron chi connectivity index (χ1n) is 6.52. The predicted octanol–water partition coefficient (Wildman–Crippen LogP) is 2.61. The molecular weight excluding hydrogens is 288 g/mol. The third-order valence-electron chi connectivity index (χ3n) is 2.71. The van der Waals surface area contributed by atoms with E-state index in [0.717, 1.165) is 0 Å². The van der Waals surface area contributed by atoms with Gasteiger partial charge in [-0.15, -0.1) is 0 Å². The van der Waals surface area contributed by atoms with Crippen LogP contribution >= 0.6 is 0 Å². The van der Waals surface area contributed by atoms with E-state index in [1.165, 1.54) is 24.5 Å². The average molecular weight is 302 g/mol. The van der Waals surface area contributed by atoms with Gasteiger partial charge < -0.3 is 10.1 Å². The number of ether oxygens (including phenoxy) is 1. The molecule has 0 saturated heterocycles. The second-order valence-corrected chi connectivity index (χ2v) is 4.42. The molecule has 22 heavy (non-hydrogen) atoms. The zero-order valence-electron chi connectivity index (χ0n) is 12.1. The number of hydrogen-bond donors (Lipinski definition) is 1. The fraction of sp³-hybridized carbons (Fsp3) is 0.214. The lowest BCUT2D eigenvalue weighted by Gasteiger charge is -2.07. The van der Waals surface area contributed by atoms with Crippen molar-refractivity contribution in [3.05, 3.63) is 52.0 Å². The zero-order valence-corrected chi connectivity index (χ0v) is 12.1. The van der Waals surface area contributed by atoms with Crippen molar-refractivity contribution in [2.75, 3.05) is 11.9 Å². The van der Waals surface area contributed by atoms with Crippen LogP contribution in [0.2, 0.25) is 0 Å². The van der Waals surface area contributed by atoms with Gasteiger partial charge in [0.1, 0.15) is 5.69 Å². The number of aromatic nitrogens is 2. The van der Waals surface area contributed by atoms with E-state index in [1.807, 2.05) is 0 Å². The Labute approximate surface area is 126 Å². The van der Waals surface area contributed by atoms with Crippen LogP contribution in [0.1, 0.15) is 23.0 Å². The lowest BCUT2D eigenvalue weighted by Crippen LogP contribution is -2.07. The van der Waals surface area contributed by atoms with Crippen molar-refractivity contribution in [2.45, 2.75) is 13.8 Å². The molecule has 2 aromatic rings. The van der Waals surface area contributed by atoms with Crippen LogP contribution in [-0.2, 0) is 4.74 Å². The van der Waals surface area contributed by atoms with Gasteiger partial charge in [0.15, 0.2) is 0 Å². The van der Waals surface area contributed by atoms with Crippen molar-refractivity contribution in [3.63, 3.8) is 0 Å². The number of nitro groups is 1. The lowest BCUT2D eigenvalue weighted by molar-refractivity contribution is -0.384. The highest BCUT2D eigenvalue weighted by Gasteiger charge is 2.16. The van der Waals surface area contributed by atoms with Crippen LogP contribution in [0.25, 0.3) is 0 Å². The van der Waals surface area contributed by atoms with Gasteiger partial charge in [-0.2, -0.15) is 0 Å². The highest BCUT2D eigenvalue weighted by molar-refractivity contribution is 5.87. The maximum atomic E-state index is 11.5.